The summed E-state index contributed by atoms with van der Waals surface area (Å²) in [7, 11) is 0. The molecule has 0 saturated carbocycles. The number of likely N-dealkylation sites (tertiary alicyclic amines) is 1. The van der Waals surface area contributed by atoms with Crippen LogP contribution in [0.5, 0.6) is 0 Å². The van der Waals surface area contributed by atoms with E-state index < -0.39 is 17.7 Å². The van der Waals surface area contributed by atoms with Crippen molar-refractivity contribution in [2.75, 3.05) is 13.2 Å². The molecule has 2 atom stereocenters. The Morgan fingerprint density at radius 2 is 2.00 bits per heavy atom. The maximum Gasteiger partial charge on any atom is 0.411 e. The van der Waals surface area contributed by atoms with Gasteiger partial charge >= 0.3 is 12.1 Å². The molecule has 0 aromatic heterocycles. The van der Waals surface area contributed by atoms with Crippen LogP contribution in [0.3, 0.4) is 0 Å². The molecule has 1 aliphatic heterocycles. The number of carbonyl (C=O) groups is 2. The van der Waals surface area contributed by atoms with Gasteiger partial charge in [-0.15, -0.1) is 0 Å². The molecule has 1 heterocycles. The van der Waals surface area contributed by atoms with Gasteiger partial charge in [-0.05, 0) is 34.1 Å². The van der Waals surface area contributed by atoms with Crippen LogP contribution in [0.4, 0.5) is 4.79 Å². The highest BCUT2D eigenvalue weighted by Crippen LogP contribution is 2.25. The van der Waals surface area contributed by atoms with E-state index in [0.717, 1.165) is 0 Å². The van der Waals surface area contributed by atoms with Gasteiger partial charge < -0.3 is 9.47 Å². The van der Waals surface area contributed by atoms with Crippen LogP contribution in [0, 0.1) is 0 Å². The number of hydrogen-bond donors (Lipinski definition) is 1. The highest BCUT2D eigenvalue weighted by atomic mass is 32.1. The standard InChI is InChI=1S/C12H21NO4S/c1-5-16-10(14)9-6-8(18)7-13(9)11(15)17-12(2,3)4/h8-9,18H,5-7H2,1-4H3/t8-,9?/m0/s1. The third kappa shape index (κ3) is 4.08. The molecule has 18 heavy (non-hydrogen) atoms. The van der Waals surface area contributed by atoms with E-state index in [0.29, 0.717) is 19.6 Å². The summed E-state index contributed by atoms with van der Waals surface area (Å²) in [6.07, 6.45) is 0.0124. The summed E-state index contributed by atoms with van der Waals surface area (Å²) < 4.78 is 10.2. The molecule has 1 aliphatic rings. The van der Waals surface area contributed by atoms with Gasteiger partial charge in [-0.25, -0.2) is 9.59 Å². The van der Waals surface area contributed by atoms with Gasteiger partial charge in [0.15, 0.2) is 0 Å². The number of nitrogens with zero attached hydrogens (tertiary/aromatic N) is 1. The van der Waals surface area contributed by atoms with E-state index in [-0.39, 0.29) is 11.2 Å². The first-order valence-electron chi connectivity index (χ1n) is 6.09. The van der Waals surface area contributed by atoms with Crippen molar-refractivity contribution in [1.29, 1.82) is 0 Å². The number of ether oxygens (including phenoxy) is 2. The zero-order valence-corrected chi connectivity index (χ0v) is 12.2. The molecular weight excluding hydrogens is 254 g/mol. The molecule has 104 valence electrons. The van der Waals surface area contributed by atoms with E-state index in [4.69, 9.17) is 9.47 Å². The Hall–Kier alpha value is -0.910. The smallest absolute Gasteiger partial charge is 0.411 e. The van der Waals surface area contributed by atoms with Crippen LogP contribution < -0.4 is 0 Å². The fourth-order valence-electron chi connectivity index (χ4n) is 1.80. The van der Waals surface area contributed by atoms with Crippen molar-refractivity contribution in [3.05, 3.63) is 0 Å². The molecule has 5 nitrogen and oxygen atoms in total. The second-order valence-corrected chi connectivity index (χ2v) is 6.02. The van der Waals surface area contributed by atoms with Crippen LogP contribution in [-0.2, 0) is 14.3 Å². The first-order chi connectivity index (χ1) is 8.24. The average molecular weight is 275 g/mol. The minimum atomic E-state index is -0.581. The maximum atomic E-state index is 12.0. The van der Waals surface area contributed by atoms with Crippen molar-refractivity contribution in [1.82, 2.24) is 4.90 Å². The molecule has 0 radical (unpaired) electrons. The average Bonchev–Trinajstić information content (AvgIpc) is 2.58. The fraction of sp³-hybridized carbons (Fsp3) is 0.833. The molecule has 1 saturated heterocycles. The van der Waals surface area contributed by atoms with Gasteiger partial charge in [-0.3, -0.25) is 4.90 Å². The van der Waals surface area contributed by atoms with Crippen LogP contribution in [0.25, 0.3) is 0 Å². The second kappa shape index (κ2) is 5.82. The fourth-order valence-corrected chi connectivity index (χ4v) is 2.17. The molecule has 6 heteroatoms. The summed E-state index contributed by atoms with van der Waals surface area (Å²) in [5.41, 5.74) is -0.578. The van der Waals surface area contributed by atoms with Gasteiger partial charge in [0.25, 0.3) is 0 Å². The predicted octanol–water partition coefficient (Wildman–Crippen LogP) is 1.86. The lowest BCUT2D eigenvalue weighted by Crippen LogP contribution is -2.44. The SMILES string of the molecule is CCOC(=O)C1C[C@H](S)CN1C(=O)OC(C)(C)C. The molecule has 0 spiro atoms. The number of esters is 1. The molecule has 1 rings (SSSR count). The monoisotopic (exact) mass is 275 g/mol. The summed E-state index contributed by atoms with van der Waals surface area (Å²) >= 11 is 4.32. The Balaban J connectivity index is 2.72. The summed E-state index contributed by atoms with van der Waals surface area (Å²) in [6, 6.07) is -0.581. The number of hydrogen-bond acceptors (Lipinski definition) is 5. The Morgan fingerprint density at radius 1 is 1.39 bits per heavy atom. The summed E-state index contributed by atoms with van der Waals surface area (Å²) in [5, 5.41) is -0.0214. The molecule has 1 unspecified atom stereocenters. The van der Waals surface area contributed by atoms with Crippen molar-refractivity contribution in [3.8, 4) is 0 Å². The molecule has 0 N–H and O–H groups in total. The van der Waals surface area contributed by atoms with Crippen molar-refractivity contribution in [3.63, 3.8) is 0 Å². The van der Waals surface area contributed by atoms with E-state index >= 15 is 0 Å². The Morgan fingerprint density at radius 3 is 2.50 bits per heavy atom. The van der Waals surface area contributed by atoms with Crippen molar-refractivity contribution in [2.24, 2.45) is 0 Å². The van der Waals surface area contributed by atoms with Gasteiger partial charge in [0.1, 0.15) is 11.6 Å². The van der Waals surface area contributed by atoms with E-state index in [9.17, 15) is 9.59 Å². The first-order valence-corrected chi connectivity index (χ1v) is 6.60. The predicted molar refractivity (Wildman–Crippen MR) is 70.8 cm³/mol. The van der Waals surface area contributed by atoms with Crippen molar-refractivity contribution >= 4 is 24.7 Å². The summed E-state index contributed by atoms with van der Waals surface area (Å²) in [5.74, 6) is -0.389. The molecule has 1 amide bonds. The molecular formula is C12H21NO4S. The van der Waals surface area contributed by atoms with Gasteiger partial charge in [0.2, 0.25) is 0 Å². The normalized spacial score (nSPS) is 23.9. The first kappa shape index (κ1) is 15.1. The zero-order valence-electron chi connectivity index (χ0n) is 11.3. The zero-order chi connectivity index (χ0) is 13.9. The summed E-state index contributed by atoms with van der Waals surface area (Å²) in [4.78, 5) is 25.2. The lowest BCUT2D eigenvalue weighted by molar-refractivity contribution is -0.148. The molecule has 0 aromatic carbocycles. The van der Waals surface area contributed by atoms with Crippen LogP contribution >= 0.6 is 12.6 Å². The maximum absolute atomic E-state index is 12.0. The van der Waals surface area contributed by atoms with Gasteiger partial charge in [0.05, 0.1) is 6.61 Å². The number of rotatable bonds is 2. The lowest BCUT2D eigenvalue weighted by atomic mass is 10.2. The van der Waals surface area contributed by atoms with Crippen molar-refractivity contribution in [2.45, 2.75) is 51.0 Å². The van der Waals surface area contributed by atoms with E-state index in [1.165, 1.54) is 4.90 Å². The minimum absolute atomic E-state index is 0.0214. The topological polar surface area (TPSA) is 55.8 Å². The quantitative estimate of drug-likeness (QED) is 0.617. The highest BCUT2D eigenvalue weighted by Gasteiger charge is 2.41. The third-order valence-corrected chi connectivity index (χ3v) is 2.84. The Kier molecular flexibility index (Phi) is 4.90. The van der Waals surface area contributed by atoms with Crippen LogP contribution in [0.2, 0.25) is 0 Å². The number of amides is 1. The molecule has 0 bridgehead atoms. The van der Waals surface area contributed by atoms with E-state index in [1.807, 2.05) is 0 Å². The number of thiol groups is 1. The minimum Gasteiger partial charge on any atom is -0.464 e. The largest absolute Gasteiger partial charge is 0.464 e. The lowest BCUT2D eigenvalue weighted by Gasteiger charge is -2.27. The van der Waals surface area contributed by atoms with E-state index in [2.05, 4.69) is 12.6 Å². The van der Waals surface area contributed by atoms with Crippen LogP contribution in [0.1, 0.15) is 34.1 Å². The second-order valence-electron chi connectivity index (χ2n) is 5.29. The molecule has 0 aliphatic carbocycles. The highest BCUT2D eigenvalue weighted by molar-refractivity contribution is 7.81. The van der Waals surface area contributed by atoms with Gasteiger partial charge in [0, 0.05) is 11.8 Å². The van der Waals surface area contributed by atoms with E-state index in [1.54, 1.807) is 27.7 Å². The molecule has 1 fully saturated rings. The van der Waals surface area contributed by atoms with Gasteiger partial charge in [-0.2, -0.15) is 12.6 Å². The number of carbonyl (C=O) groups excluding carboxylic acids is 2. The van der Waals surface area contributed by atoms with Crippen LogP contribution in [0.15, 0.2) is 0 Å². The van der Waals surface area contributed by atoms with Crippen LogP contribution in [-0.4, -0.2) is 47.0 Å². The van der Waals surface area contributed by atoms with Crippen molar-refractivity contribution < 1.29 is 19.1 Å². The third-order valence-electron chi connectivity index (χ3n) is 2.47. The van der Waals surface area contributed by atoms with Gasteiger partial charge in [-0.1, -0.05) is 0 Å². The Bertz CT molecular complexity index is 327. The summed E-state index contributed by atoms with van der Waals surface area (Å²) in [6.45, 7) is 7.81. The molecule has 0 aromatic rings. The Labute approximate surface area is 113 Å².